The minimum atomic E-state index is -3.31. The highest BCUT2D eigenvalue weighted by Crippen LogP contribution is 2.37. The molecule has 0 spiro atoms. The van der Waals surface area contributed by atoms with Gasteiger partial charge in [-0.05, 0) is 55.6 Å². The summed E-state index contributed by atoms with van der Waals surface area (Å²) < 4.78 is 30.7. The van der Waals surface area contributed by atoms with Crippen LogP contribution in [0, 0.1) is 0 Å². The molecule has 4 rings (SSSR count). The number of nitrogens with zero attached hydrogens (tertiary/aromatic N) is 2. The molecule has 1 fully saturated rings. The molecule has 1 unspecified atom stereocenters. The second-order valence-corrected chi connectivity index (χ2v) is 10.3. The number of anilines is 1. The Bertz CT molecular complexity index is 1100. The van der Waals surface area contributed by atoms with Crippen molar-refractivity contribution in [2.24, 2.45) is 0 Å². The lowest BCUT2D eigenvalue weighted by Gasteiger charge is -2.39. The Morgan fingerprint density at radius 1 is 1.19 bits per heavy atom. The number of para-hydroxylation sites is 1. The highest BCUT2D eigenvalue weighted by Gasteiger charge is 2.37. The van der Waals surface area contributed by atoms with E-state index in [2.05, 4.69) is 0 Å². The van der Waals surface area contributed by atoms with Gasteiger partial charge in [0.15, 0.2) is 5.78 Å². The SMILES string of the molecule is COc1ccccc1C1(O)CCCN(CC(=O)c2ccc3c(c2)CCN3S(C)(=O)=O)C1. The number of piperidine rings is 1. The number of methoxy groups -OCH3 is 1. The molecule has 0 bridgehead atoms. The zero-order chi connectivity index (χ0) is 22.2. The average molecular weight is 445 g/mol. The molecular weight excluding hydrogens is 416 g/mol. The third-order valence-corrected chi connectivity index (χ3v) is 7.36. The molecule has 8 heteroatoms. The molecule has 2 aliphatic heterocycles. The van der Waals surface area contributed by atoms with Crippen LogP contribution in [0.4, 0.5) is 5.69 Å². The number of rotatable bonds is 6. The van der Waals surface area contributed by atoms with Crippen LogP contribution in [0.3, 0.4) is 0 Å². The molecular formula is C23H28N2O5S. The molecule has 0 aliphatic carbocycles. The lowest BCUT2D eigenvalue weighted by molar-refractivity contribution is -0.0346. The smallest absolute Gasteiger partial charge is 0.232 e. The number of fused-ring (bicyclic) bond motifs is 1. The first-order chi connectivity index (χ1) is 14.7. The van der Waals surface area contributed by atoms with Gasteiger partial charge in [-0.3, -0.25) is 14.0 Å². The van der Waals surface area contributed by atoms with Crippen molar-refractivity contribution < 1.29 is 23.1 Å². The fourth-order valence-electron chi connectivity index (χ4n) is 4.69. The van der Waals surface area contributed by atoms with Crippen molar-refractivity contribution in [2.75, 3.05) is 43.8 Å². The monoisotopic (exact) mass is 444 g/mol. The van der Waals surface area contributed by atoms with Gasteiger partial charge in [0.1, 0.15) is 11.4 Å². The Morgan fingerprint density at radius 2 is 1.97 bits per heavy atom. The number of Topliss-reactive ketones (excluding diaryl/α,β-unsaturated/α-hetero) is 1. The molecule has 0 aromatic heterocycles. The molecule has 1 N–H and O–H groups in total. The highest BCUT2D eigenvalue weighted by molar-refractivity contribution is 7.92. The zero-order valence-electron chi connectivity index (χ0n) is 17.9. The molecule has 2 aliphatic rings. The lowest BCUT2D eigenvalue weighted by atomic mass is 9.85. The summed E-state index contributed by atoms with van der Waals surface area (Å²) >= 11 is 0. The van der Waals surface area contributed by atoms with Crippen LogP contribution in [-0.2, 0) is 22.0 Å². The average Bonchev–Trinajstić information content (AvgIpc) is 3.17. The maximum Gasteiger partial charge on any atom is 0.232 e. The number of sulfonamides is 1. The van der Waals surface area contributed by atoms with Crippen molar-refractivity contribution in [1.82, 2.24) is 4.90 Å². The maximum absolute atomic E-state index is 13.0. The van der Waals surface area contributed by atoms with E-state index in [0.717, 1.165) is 24.1 Å². The first-order valence-electron chi connectivity index (χ1n) is 10.4. The molecule has 2 aromatic rings. The number of ether oxygens (including phenoxy) is 1. The number of aliphatic hydroxyl groups is 1. The minimum Gasteiger partial charge on any atom is -0.496 e. The van der Waals surface area contributed by atoms with E-state index in [0.29, 0.717) is 42.9 Å². The van der Waals surface area contributed by atoms with E-state index < -0.39 is 15.6 Å². The largest absolute Gasteiger partial charge is 0.496 e. The van der Waals surface area contributed by atoms with Crippen LogP contribution in [0.15, 0.2) is 42.5 Å². The molecule has 1 atom stereocenters. The summed E-state index contributed by atoms with van der Waals surface area (Å²) in [6.45, 7) is 1.69. The molecule has 2 heterocycles. The first kappa shape index (κ1) is 21.8. The molecule has 0 saturated carbocycles. The van der Waals surface area contributed by atoms with Gasteiger partial charge in [0, 0.05) is 24.2 Å². The predicted molar refractivity (Wildman–Crippen MR) is 119 cm³/mol. The van der Waals surface area contributed by atoms with Gasteiger partial charge in [-0.25, -0.2) is 8.42 Å². The van der Waals surface area contributed by atoms with Gasteiger partial charge >= 0.3 is 0 Å². The summed E-state index contributed by atoms with van der Waals surface area (Å²) in [5, 5.41) is 11.3. The second-order valence-electron chi connectivity index (χ2n) is 8.40. The second kappa shape index (κ2) is 8.26. The van der Waals surface area contributed by atoms with Crippen molar-refractivity contribution >= 4 is 21.5 Å². The molecule has 7 nitrogen and oxygen atoms in total. The maximum atomic E-state index is 13.0. The van der Waals surface area contributed by atoms with E-state index in [1.807, 2.05) is 29.2 Å². The van der Waals surface area contributed by atoms with Gasteiger partial charge in [-0.1, -0.05) is 18.2 Å². The Hall–Kier alpha value is -2.42. The van der Waals surface area contributed by atoms with Crippen molar-refractivity contribution in [3.8, 4) is 5.75 Å². The highest BCUT2D eigenvalue weighted by atomic mass is 32.2. The van der Waals surface area contributed by atoms with Crippen LogP contribution in [0.5, 0.6) is 5.75 Å². The van der Waals surface area contributed by atoms with Crippen LogP contribution in [0.25, 0.3) is 0 Å². The van der Waals surface area contributed by atoms with Crippen LogP contribution < -0.4 is 9.04 Å². The third kappa shape index (κ3) is 4.33. The van der Waals surface area contributed by atoms with E-state index in [1.165, 1.54) is 10.6 Å². The number of carbonyl (C=O) groups is 1. The molecule has 0 radical (unpaired) electrons. The fraction of sp³-hybridized carbons (Fsp3) is 0.435. The van der Waals surface area contributed by atoms with E-state index in [1.54, 1.807) is 25.3 Å². The Morgan fingerprint density at radius 3 is 2.71 bits per heavy atom. The van der Waals surface area contributed by atoms with Crippen LogP contribution in [-0.4, -0.2) is 63.8 Å². The number of likely N-dealkylation sites (tertiary alicyclic amines) is 1. The Labute approximate surface area is 183 Å². The van der Waals surface area contributed by atoms with Crippen LogP contribution >= 0.6 is 0 Å². The number of hydrogen-bond acceptors (Lipinski definition) is 6. The van der Waals surface area contributed by atoms with E-state index in [-0.39, 0.29) is 12.3 Å². The molecule has 2 aromatic carbocycles. The van der Waals surface area contributed by atoms with Gasteiger partial charge in [0.2, 0.25) is 10.0 Å². The number of carbonyl (C=O) groups excluding carboxylic acids is 1. The van der Waals surface area contributed by atoms with Crippen molar-refractivity contribution in [2.45, 2.75) is 24.9 Å². The quantitative estimate of drug-likeness (QED) is 0.688. The standard InChI is InChI=1S/C23H28N2O5S/c1-30-22-7-4-3-6-19(22)23(27)11-5-12-24(16-23)15-21(26)18-8-9-20-17(14-18)10-13-25(20)31(2,28)29/h3-4,6-9,14,27H,5,10-13,15-16H2,1-2H3. The topological polar surface area (TPSA) is 87.2 Å². The fourth-order valence-corrected chi connectivity index (χ4v) is 5.65. The Balaban J connectivity index is 1.49. The third-order valence-electron chi connectivity index (χ3n) is 6.18. The Kier molecular flexibility index (Phi) is 5.81. The van der Waals surface area contributed by atoms with Crippen molar-refractivity contribution in [3.05, 3.63) is 59.2 Å². The summed E-state index contributed by atoms with van der Waals surface area (Å²) in [7, 11) is -1.73. The lowest BCUT2D eigenvalue weighted by Crippen LogP contribution is -2.47. The minimum absolute atomic E-state index is 0.0371. The van der Waals surface area contributed by atoms with Gasteiger partial charge in [0.05, 0.1) is 25.6 Å². The van der Waals surface area contributed by atoms with Gasteiger partial charge < -0.3 is 9.84 Å². The number of ketones is 1. The van der Waals surface area contributed by atoms with Gasteiger partial charge in [-0.15, -0.1) is 0 Å². The number of benzene rings is 2. The summed E-state index contributed by atoms with van der Waals surface area (Å²) in [6.07, 6.45) is 3.18. The van der Waals surface area contributed by atoms with Crippen molar-refractivity contribution in [3.63, 3.8) is 0 Å². The zero-order valence-corrected chi connectivity index (χ0v) is 18.7. The molecule has 0 amide bonds. The molecule has 166 valence electrons. The van der Waals surface area contributed by atoms with Crippen molar-refractivity contribution in [1.29, 1.82) is 0 Å². The van der Waals surface area contributed by atoms with Gasteiger partial charge in [-0.2, -0.15) is 0 Å². The van der Waals surface area contributed by atoms with E-state index >= 15 is 0 Å². The van der Waals surface area contributed by atoms with Crippen LogP contribution in [0.2, 0.25) is 0 Å². The number of β-amino-alcohol motifs (C(OH)–C–C–N with tert-alkyl or cyclic N) is 1. The van der Waals surface area contributed by atoms with Crippen LogP contribution in [0.1, 0.15) is 34.3 Å². The summed E-state index contributed by atoms with van der Waals surface area (Å²) in [5.41, 5.74) is 1.77. The van der Waals surface area contributed by atoms with E-state index in [4.69, 9.17) is 4.74 Å². The first-order valence-corrected chi connectivity index (χ1v) is 12.3. The summed E-state index contributed by atoms with van der Waals surface area (Å²) in [4.78, 5) is 15.0. The summed E-state index contributed by atoms with van der Waals surface area (Å²) in [6, 6.07) is 12.7. The summed E-state index contributed by atoms with van der Waals surface area (Å²) in [5.74, 6) is 0.608. The van der Waals surface area contributed by atoms with E-state index in [9.17, 15) is 18.3 Å². The van der Waals surface area contributed by atoms with Gasteiger partial charge in [0.25, 0.3) is 0 Å². The normalized spacial score (nSPS) is 21.7. The number of hydrogen-bond donors (Lipinski definition) is 1. The molecule has 1 saturated heterocycles. The molecule has 31 heavy (non-hydrogen) atoms. The predicted octanol–water partition coefficient (Wildman–Crippen LogP) is 2.18.